The zero-order valence-corrected chi connectivity index (χ0v) is 36.1. The van der Waals surface area contributed by atoms with E-state index in [4.69, 9.17) is 28.4 Å². The molecule has 5 saturated heterocycles. The monoisotopic (exact) mass is 860 g/mol. The second-order valence-corrected chi connectivity index (χ2v) is 18.2. The number of urea groups is 1. The van der Waals surface area contributed by atoms with Crippen LogP contribution in [0.4, 0.5) is 28.0 Å². The van der Waals surface area contributed by atoms with Gasteiger partial charge in [-0.3, -0.25) is 10.2 Å². The minimum atomic E-state index is -1.49. The van der Waals surface area contributed by atoms with Crippen molar-refractivity contribution < 1.29 is 65.9 Å². The molecular formula is C40H66F2N6O12. The average Bonchev–Trinajstić information content (AvgIpc) is 3.19. The third-order valence-electron chi connectivity index (χ3n) is 13.0. The van der Waals surface area contributed by atoms with Crippen molar-refractivity contribution in [2.75, 3.05) is 60.6 Å². The number of ether oxygens (including phenoxy) is 8. The van der Waals surface area contributed by atoms with E-state index in [1.165, 1.54) is 7.11 Å². The van der Waals surface area contributed by atoms with Crippen molar-refractivity contribution in [3.05, 3.63) is 0 Å². The van der Waals surface area contributed by atoms with E-state index in [2.05, 4.69) is 30.3 Å². The SMILES string of the molecule is COC(=O)OCOC1COC2CCCC(F)C2C2NC3C(CC2F)C(N2CCN(C(=O)OC(C)(C)C)C[C@@H]2C)NC(=O)N3C2C(CCNC2C(C)C)C1OCOC(=O)OC. The van der Waals surface area contributed by atoms with Crippen LogP contribution in [0.25, 0.3) is 0 Å². The van der Waals surface area contributed by atoms with Crippen LogP contribution in [0.1, 0.15) is 73.6 Å². The van der Waals surface area contributed by atoms with Gasteiger partial charge in [-0.25, -0.2) is 28.0 Å². The molecule has 3 amide bonds. The predicted octanol–water partition coefficient (Wildman–Crippen LogP) is 3.71. The number of alkyl halides is 2. The quantitative estimate of drug-likeness (QED) is 0.182. The van der Waals surface area contributed by atoms with E-state index in [1.54, 1.807) is 9.80 Å². The first-order chi connectivity index (χ1) is 28.5. The highest BCUT2D eigenvalue weighted by Crippen LogP contribution is 2.44. The van der Waals surface area contributed by atoms with Crippen molar-refractivity contribution in [1.82, 2.24) is 30.7 Å². The Balaban J connectivity index is 1.41. The van der Waals surface area contributed by atoms with Crippen molar-refractivity contribution in [3.63, 3.8) is 0 Å². The standard InChI is InChI=1S/C40H66F2N6O12/c1-21(2)30-32-23(12-13-43-30)33(57-20-59-39(52)54-8)28(56-19-58-38(51)53-7)18-55-27-11-9-10-25(41)29(27)31-26(42)16-24-34(45-36(49)48(32)35(24)44-31)47-15-14-46(17-22(47)3)37(50)60-40(4,5)6/h21-35,43-44H,9-20H2,1-8H3,(H,45,49)/t22-,23?,24?,25?,26?,27?,28?,29?,30?,31?,32?,33?,34?,35?/m0/s1. The molecule has 6 aliphatic rings. The second-order valence-electron chi connectivity index (χ2n) is 18.2. The zero-order chi connectivity index (χ0) is 43.5. The first kappa shape index (κ1) is 46.2. The molecule has 0 aromatic carbocycles. The van der Waals surface area contributed by atoms with Crippen molar-refractivity contribution in [2.24, 2.45) is 23.7 Å². The topological polar surface area (TPSA) is 188 Å². The Hall–Kier alpha value is -3.30. The molecule has 3 N–H and O–H groups in total. The molecule has 5 aliphatic heterocycles. The molecule has 0 spiro atoms. The highest BCUT2D eigenvalue weighted by atomic mass is 19.1. The van der Waals surface area contributed by atoms with Crippen molar-refractivity contribution in [1.29, 1.82) is 0 Å². The fourth-order valence-corrected chi connectivity index (χ4v) is 10.4. The van der Waals surface area contributed by atoms with Gasteiger partial charge in [0.25, 0.3) is 0 Å². The molecule has 0 aromatic heterocycles. The lowest BCUT2D eigenvalue weighted by atomic mass is 9.71. The predicted molar refractivity (Wildman–Crippen MR) is 209 cm³/mol. The molecule has 342 valence electrons. The zero-order valence-electron chi connectivity index (χ0n) is 36.1. The Bertz CT molecular complexity index is 1500. The van der Waals surface area contributed by atoms with Crippen molar-refractivity contribution in [3.8, 4) is 0 Å². The largest absolute Gasteiger partial charge is 0.510 e. The highest BCUT2D eigenvalue weighted by molar-refractivity contribution is 5.77. The van der Waals surface area contributed by atoms with Crippen molar-refractivity contribution >= 4 is 24.4 Å². The Morgan fingerprint density at radius 2 is 1.63 bits per heavy atom. The fraction of sp³-hybridized carbons (Fsp3) is 0.900. The van der Waals surface area contributed by atoms with Crippen LogP contribution in [0.5, 0.6) is 0 Å². The van der Waals surface area contributed by atoms with E-state index in [1.807, 2.05) is 41.5 Å². The Morgan fingerprint density at radius 1 is 0.933 bits per heavy atom. The van der Waals surface area contributed by atoms with Gasteiger partial charge in [0.05, 0.1) is 51.4 Å². The maximum absolute atomic E-state index is 17.1. The first-order valence-corrected chi connectivity index (χ1v) is 21.4. The van der Waals surface area contributed by atoms with Gasteiger partial charge in [0.2, 0.25) is 0 Å². The molecule has 2 bridgehead atoms. The van der Waals surface area contributed by atoms with Crippen LogP contribution >= 0.6 is 0 Å². The van der Waals surface area contributed by atoms with Crippen LogP contribution in [-0.4, -0.2) is 172 Å². The lowest BCUT2D eigenvalue weighted by Crippen LogP contribution is -2.80. The number of nitrogens with zero attached hydrogens (tertiary/aromatic N) is 3. The number of fused-ring (bicyclic) bond motifs is 5. The maximum Gasteiger partial charge on any atom is 0.510 e. The van der Waals surface area contributed by atoms with Gasteiger partial charge < -0.3 is 58.3 Å². The van der Waals surface area contributed by atoms with E-state index >= 15 is 13.6 Å². The molecule has 1 saturated carbocycles. The van der Waals surface area contributed by atoms with Gasteiger partial charge in [-0.15, -0.1) is 0 Å². The molecule has 6 fully saturated rings. The summed E-state index contributed by atoms with van der Waals surface area (Å²) in [6, 6.07) is -2.60. The minimum absolute atomic E-state index is 0.0272. The molecule has 0 radical (unpaired) electrons. The van der Waals surface area contributed by atoms with E-state index < -0.39 is 116 Å². The molecular weight excluding hydrogens is 794 g/mol. The minimum Gasteiger partial charge on any atom is -0.444 e. The number of carbonyl (C=O) groups is 4. The van der Waals surface area contributed by atoms with E-state index in [0.717, 1.165) is 7.11 Å². The molecule has 18 nitrogen and oxygen atoms in total. The molecule has 13 unspecified atom stereocenters. The third kappa shape index (κ3) is 10.3. The Morgan fingerprint density at radius 3 is 2.28 bits per heavy atom. The van der Waals surface area contributed by atoms with Gasteiger partial charge >= 0.3 is 24.4 Å². The van der Waals surface area contributed by atoms with Crippen LogP contribution in [0, 0.1) is 23.7 Å². The lowest BCUT2D eigenvalue weighted by molar-refractivity contribution is -0.210. The summed E-state index contributed by atoms with van der Waals surface area (Å²) in [5.41, 5.74) is -0.672. The average molecular weight is 861 g/mol. The van der Waals surface area contributed by atoms with Crippen molar-refractivity contribution in [2.45, 2.75) is 146 Å². The molecule has 60 heavy (non-hydrogen) atoms. The number of nitrogens with one attached hydrogen (secondary N) is 3. The van der Waals surface area contributed by atoms with Gasteiger partial charge in [0, 0.05) is 55.5 Å². The normalized spacial score (nSPS) is 37.6. The Kier molecular flexibility index (Phi) is 15.3. The molecule has 1 aliphatic carbocycles. The molecule has 20 heteroatoms. The molecule has 0 aromatic rings. The van der Waals surface area contributed by atoms with Crippen LogP contribution in [0.2, 0.25) is 0 Å². The number of hydrogen-bond donors (Lipinski definition) is 3. The van der Waals surface area contributed by atoms with Gasteiger partial charge in [-0.05, 0) is 72.3 Å². The highest BCUT2D eigenvalue weighted by Gasteiger charge is 2.59. The summed E-state index contributed by atoms with van der Waals surface area (Å²) in [5.74, 6) is -1.99. The van der Waals surface area contributed by atoms with E-state index in [0.29, 0.717) is 45.4 Å². The van der Waals surface area contributed by atoms with Gasteiger partial charge in [-0.2, -0.15) is 0 Å². The summed E-state index contributed by atoms with van der Waals surface area (Å²) in [7, 11) is 2.33. The van der Waals surface area contributed by atoms with Crippen LogP contribution in [-0.2, 0) is 37.9 Å². The number of methoxy groups -OCH3 is 2. The van der Waals surface area contributed by atoms with Gasteiger partial charge in [0.15, 0.2) is 13.6 Å². The van der Waals surface area contributed by atoms with Crippen LogP contribution in [0.3, 0.4) is 0 Å². The number of carbonyl (C=O) groups excluding carboxylic acids is 4. The maximum atomic E-state index is 17.1. The second kappa shape index (κ2) is 19.8. The fourth-order valence-electron chi connectivity index (χ4n) is 10.4. The first-order valence-electron chi connectivity index (χ1n) is 21.4. The summed E-state index contributed by atoms with van der Waals surface area (Å²) >= 11 is 0. The van der Waals surface area contributed by atoms with Crippen LogP contribution in [0.15, 0.2) is 0 Å². The van der Waals surface area contributed by atoms with E-state index in [9.17, 15) is 14.4 Å². The van der Waals surface area contributed by atoms with Gasteiger partial charge in [0.1, 0.15) is 24.0 Å². The molecule has 5 heterocycles. The van der Waals surface area contributed by atoms with E-state index in [-0.39, 0.29) is 37.5 Å². The number of halogens is 2. The summed E-state index contributed by atoms with van der Waals surface area (Å²) in [5, 5.41) is 10.5. The Labute approximate surface area is 351 Å². The molecule has 14 atom stereocenters. The third-order valence-corrected chi connectivity index (χ3v) is 13.0. The van der Waals surface area contributed by atoms with Gasteiger partial charge in [-0.1, -0.05) is 13.8 Å². The smallest absolute Gasteiger partial charge is 0.444 e. The summed E-state index contributed by atoms with van der Waals surface area (Å²) in [6.07, 6.45) is -7.72. The lowest BCUT2D eigenvalue weighted by Gasteiger charge is -2.61. The number of hydrogen-bond acceptors (Lipinski definition) is 15. The summed E-state index contributed by atoms with van der Waals surface area (Å²) < 4.78 is 78.0. The number of amides is 3. The number of rotatable bonds is 8. The summed E-state index contributed by atoms with van der Waals surface area (Å²) in [6.45, 7) is 11.8. The van der Waals surface area contributed by atoms with Crippen LogP contribution < -0.4 is 16.0 Å². The summed E-state index contributed by atoms with van der Waals surface area (Å²) in [4.78, 5) is 57.9. The molecule has 6 rings (SSSR count). The number of piperazine rings is 1. The number of piperidine rings is 2.